The molecule has 1 N–H and O–H groups in total. The van der Waals surface area contributed by atoms with Crippen LogP contribution in [-0.4, -0.2) is 24.6 Å². The fourth-order valence-electron chi connectivity index (χ4n) is 1.35. The van der Waals surface area contributed by atoms with Crippen molar-refractivity contribution >= 4 is 11.8 Å². The van der Waals surface area contributed by atoms with E-state index in [1.54, 1.807) is 0 Å². The van der Waals surface area contributed by atoms with E-state index in [0.29, 0.717) is 6.04 Å². The van der Waals surface area contributed by atoms with E-state index < -0.39 is 0 Å². The molecule has 1 nitrogen and oxygen atoms in total. The van der Waals surface area contributed by atoms with Crippen LogP contribution in [0, 0.1) is 12.3 Å². The number of hydrogen-bond donors (Lipinski definition) is 1. The summed E-state index contributed by atoms with van der Waals surface area (Å²) in [6, 6.07) is 0.672. The largest absolute Gasteiger partial charge is 0.314 e. The van der Waals surface area contributed by atoms with Crippen LogP contribution in [-0.2, 0) is 0 Å². The van der Waals surface area contributed by atoms with Gasteiger partial charge in [-0.05, 0) is 37.8 Å². The summed E-state index contributed by atoms with van der Waals surface area (Å²) in [5, 5.41) is 3.49. The van der Waals surface area contributed by atoms with E-state index in [4.69, 9.17) is 6.42 Å². The minimum Gasteiger partial charge on any atom is -0.314 e. The Morgan fingerprint density at radius 2 is 2.23 bits per heavy atom. The van der Waals surface area contributed by atoms with Crippen molar-refractivity contribution in [2.45, 2.75) is 38.6 Å². The second kappa shape index (κ2) is 9.95. The van der Waals surface area contributed by atoms with Crippen LogP contribution < -0.4 is 5.32 Å². The molecule has 0 aliphatic heterocycles. The first-order chi connectivity index (χ1) is 6.35. The molecule has 1 unspecified atom stereocenters. The first kappa shape index (κ1) is 12.9. The van der Waals surface area contributed by atoms with Crippen LogP contribution in [0.2, 0.25) is 0 Å². The SMILES string of the molecule is C#CCCCC(CCSC)NCC. The quantitative estimate of drug-likeness (QED) is 0.476. The first-order valence-electron chi connectivity index (χ1n) is 5.00. The molecular formula is C11H21NS. The molecule has 0 aromatic heterocycles. The van der Waals surface area contributed by atoms with Crippen LogP contribution >= 0.6 is 11.8 Å². The van der Waals surface area contributed by atoms with E-state index in [-0.39, 0.29) is 0 Å². The maximum absolute atomic E-state index is 5.21. The fourth-order valence-corrected chi connectivity index (χ4v) is 1.87. The average Bonchev–Trinajstić information content (AvgIpc) is 2.14. The van der Waals surface area contributed by atoms with Gasteiger partial charge in [0, 0.05) is 12.5 Å². The molecule has 0 aromatic carbocycles. The number of thioether (sulfide) groups is 1. The lowest BCUT2D eigenvalue weighted by atomic mass is 10.1. The summed E-state index contributed by atoms with van der Waals surface area (Å²) < 4.78 is 0. The third-order valence-corrected chi connectivity index (χ3v) is 2.68. The third kappa shape index (κ3) is 8.21. The van der Waals surface area contributed by atoms with Gasteiger partial charge in [-0.15, -0.1) is 12.3 Å². The Balaban J connectivity index is 3.48. The predicted octanol–water partition coefficient (Wildman–Crippen LogP) is 2.52. The minimum absolute atomic E-state index is 0.672. The van der Waals surface area contributed by atoms with Crippen LogP contribution in [0.4, 0.5) is 0 Å². The Bertz CT molecular complexity index is 140. The van der Waals surface area contributed by atoms with Gasteiger partial charge < -0.3 is 5.32 Å². The normalized spacial score (nSPS) is 12.4. The summed E-state index contributed by atoms with van der Waals surface area (Å²) in [5.41, 5.74) is 0. The van der Waals surface area contributed by atoms with Crippen molar-refractivity contribution < 1.29 is 0 Å². The highest BCUT2D eigenvalue weighted by molar-refractivity contribution is 7.98. The van der Waals surface area contributed by atoms with E-state index in [0.717, 1.165) is 19.4 Å². The van der Waals surface area contributed by atoms with Gasteiger partial charge in [0.25, 0.3) is 0 Å². The molecule has 0 fully saturated rings. The van der Waals surface area contributed by atoms with Gasteiger partial charge in [0.2, 0.25) is 0 Å². The monoisotopic (exact) mass is 199 g/mol. The van der Waals surface area contributed by atoms with Crippen molar-refractivity contribution in [2.24, 2.45) is 0 Å². The molecule has 0 aromatic rings. The Hall–Kier alpha value is -0.130. The molecular weight excluding hydrogens is 178 g/mol. The number of unbranched alkanes of at least 4 members (excludes halogenated alkanes) is 1. The minimum atomic E-state index is 0.672. The molecule has 76 valence electrons. The first-order valence-corrected chi connectivity index (χ1v) is 6.40. The molecule has 0 rings (SSSR count). The maximum Gasteiger partial charge on any atom is 0.00866 e. The second-order valence-electron chi connectivity index (χ2n) is 3.13. The Labute approximate surface area is 87.1 Å². The summed E-state index contributed by atoms with van der Waals surface area (Å²) in [5.74, 6) is 3.93. The van der Waals surface area contributed by atoms with Gasteiger partial charge in [0.1, 0.15) is 0 Å². The van der Waals surface area contributed by atoms with Crippen molar-refractivity contribution in [1.82, 2.24) is 5.32 Å². The smallest absolute Gasteiger partial charge is 0.00866 e. The van der Waals surface area contributed by atoms with E-state index in [9.17, 15) is 0 Å². The molecule has 0 heterocycles. The van der Waals surface area contributed by atoms with Gasteiger partial charge >= 0.3 is 0 Å². The van der Waals surface area contributed by atoms with Crippen LogP contribution in [0.5, 0.6) is 0 Å². The lowest BCUT2D eigenvalue weighted by Gasteiger charge is -2.16. The fraction of sp³-hybridized carbons (Fsp3) is 0.818. The van der Waals surface area contributed by atoms with Crippen molar-refractivity contribution in [3.63, 3.8) is 0 Å². The van der Waals surface area contributed by atoms with E-state index in [1.165, 1.54) is 18.6 Å². The standard InChI is InChI=1S/C11H21NS/c1-4-6-7-8-11(12-5-2)9-10-13-3/h1,11-12H,5-10H2,2-3H3. The molecule has 0 saturated carbocycles. The van der Waals surface area contributed by atoms with Gasteiger partial charge in [-0.3, -0.25) is 0 Å². The van der Waals surface area contributed by atoms with Crippen LogP contribution in [0.3, 0.4) is 0 Å². The lowest BCUT2D eigenvalue weighted by Crippen LogP contribution is -2.29. The highest BCUT2D eigenvalue weighted by atomic mass is 32.2. The summed E-state index contributed by atoms with van der Waals surface area (Å²) >= 11 is 1.91. The van der Waals surface area contributed by atoms with Crippen molar-refractivity contribution in [2.75, 3.05) is 18.6 Å². The van der Waals surface area contributed by atoms with E-state index in [1.807, 2.05) is 11.8 Å². The molecule has 0 aliphatic carbocycles. The number of hydrogen-bond acceptors (Lipinski definition) is 2. The van der Waals surface area contributed by atoms with Crippen LogP contribution in [0.1, 0.15) is 32.6 Å². The molecule has 0 saturated heterocycles. The second-order valence-corrected chi connectivity index (χ2v) is 4.12. The van der Waals surface area contributed by atoms with Crippen LogP contribution in [0.25, 0.3) is 0 Å². The molecule has 0 spiro atoms. The zero-order valence-corrected chi connectivity index (χ0v) is 9.62. The topological polar surface area (TPSA) is 12.0 Å². The molecule has 0 aliphatic rings. The average molecular weight is 199 g/mol. The van der Waals surface area contributed by atoms with Gasteiger partial charge in [0.15, 0.2) is 0 Å². The number of rotatable bonds is 8. The van der Waals surface area contributed by atoms with Crippen molar-refractivity contribution in [3.8, 4) is 12.3 Å². The Kier molecular flexibility index (Phi) is 9.85. The number of nitrogens with one attached hydrogen (secondary N) is 1. The van der Waals surface area contributed by atoms with Crippen molar-refractivity contribution in [3.05, 3.63) is 0 Å². The van der Waals surface area contributed by atoms with Gasteiger partial charge in [-0.1, -0.05) is 6.92 Å². The summed E-state index contributed by atoms with van der Waals surface area (Å²) in [4.78, 5) is 0. The predicted molar refractivity (Wildman–Crippen MR) is 63.1 cm³/mol. The van der Waals surface area contributed by atoms with Gasteiger partial charge in [-0.25, -0.2) is 0 Å². The number of terminal acetylenes is 1. The lowest BCUT2D eigenvalue weighted by molar-refractivity contribution is 0.473. The summed E-state index contributed by atoms with van der Waals surface area (Å²) in [6.45, 7) is 3.22. The molecule has 1 atom stereocenters. The molecule has 0 radical (unpaired) electrons. The molecule has 13 heavy (non-hydrogen) atoms. The zero-order chi connectivity index (χ0) is 9.94. The maximum atomic E-state index is 5.21. The van der Waals surface area contributed by atoms with E-state index in [2.05, 4.69) is 24.4 Å². The van der Waals surface area contributed by atoms with Gasteiger partial charge in [0.05, 0.1) is 0 Å². The highest BCUT2D eigenvalue weighted by Crippen LogP contribution is 2.07. The molecule has 0 bridgehead atoms. The Morgan fingerprint density at radius 3 is 2.77 bits per heavy atom. The summed E-state index contributed by atoms with van der Waals surface area (Å²) in [6.07, 6.45) is 11.9. The molecule has 0 amide bonds. The van der Waals surface area contributed by atoms with Gasteiger partial charge in [-0.2, -0.15) is 11.8 Å². The van der Waals surface area contributed by atoms with Crippen molar-refractivity contribution in [1.29, 1.82) is 0 Å². The van der Waals surface area contributed by atoms with E-state index >= 15 is 0 Å². The third-order valence-electron chi connectivity index (χ3n) is 2.04. The Morgan fingerprint density at radius 1 is 1.46 bits per heavy atom. The highest BCUT2D eigenvalue weighted by Gasteiger charge is 2.05. The molecule has 2 heteroatoms. The van der Waals surface area contributed by atoms with Crippen LogP contribution in [0.15, 0.2) is 0 Å². The summed E-state index contributed by atoms with van der Waals surface area (Å²) in [7, 11) is 0. The zero-order valence-electron chi connectivity index (χ0n) is 8.81.